The molecule has 0 saturated carbocycles. The maximum atomic E-state index is 6.81. The van der Waals surface area contributed by atoms with Crippen LogP contribution >= 0.6 is 11.6 Å². The van der Waals surface area contributed by atoms with E-state index in [4.69, 9.17) is 11.6 Å². The van der Waals surface area contributed by atoms with E-state index >= 15 is 0 Å². The molecule has 0 radical (unpaired) electrons. The molecule has 2 heterocycles. The fourth-order valence-electron chi connectivity index (χ4n) is 6.76. The van der Waals surface area contributed by atoms with Crippen LogP contribution in [0.15, 0.2) is 108 Å². The summed E-state index contributed by atoms with van der Waals surface area (Å²) >= 11 is 6.81. The molecule has 39 heavy (non-hydrogen) atoms. The van der Waals surface area contributed by atoms with Gasteiger partial charge in [-0.05, 0) is 71.3 Å². The Morgan fingerprint density at radius 2 is 1.38 bits per heavy atom. The summed E-state index contributed by atoms with van der Waals surface area (Å²) in [5.41, 5.74) is 7.48. The largest absolute Gasteiger partial charge is 1.00 e. The Bertz CT molecular complexity index is 1750. The number of halogens is 2. The van der Waals surface area contributed by atoms with Crippen LogP contribution in [0, 0.1) is 0 Å². The second-order valence-electron chi connectivity index (χ2n) is 11.6. The van der Waals surface area contributed by atoms with Crippen molar-refractivity contribution in [2.45, 2.75) is 38.5 Å². The molecule has 4 aromatic carbocycles. The number of nitrogens with zero attached hydrogens (tertiary/aromatic N) is 2. The zero-order valence-electron chi connectivity index (χ0n) is 23.4. The normalized spacial score (nSPS) is 18.8. The van der Waals surface area contributed by atoms with Crippen molar-refractivity contribution in [3.05, 3.63) is 119 Å². The molecule has 4 heteroatoms. The molecule has 0 saturated heterocycles. The van der Waals surface area contributed by atoms with E-state index in [1.165, 1.54) is 55.5 Å². The van der Waals surface area contributed by atoms with Gasteiger partial charge in [0.25, 0.3) is 0 Å². The molecule has 0 aliphatic carbocycles. The van der Waals surface area contributed by atoms with Gasteiger partial charge in [-0.1, -0.05) is 80.0 Å². The summed E-state index contributed by atoms with van der Waals surface area (Å²) in [5, 5.41) is 5.89. The minimum absolute atomic E-state index is 0. The summed E-state index contributed by atoms with van der Waals surface area (Å²) in [7, 11) is 4.30. The van der Waals surface area contributed by atoms with Crippen molar-refractivity contribution in [2.75, 3.05) is 19.0 Å². The van der Waals surface area contributed by atoms with E-state index in [0.29, 0.717) is 5.03 Å². The zero-order valence-corrected chi connectivity index (χ0v) is 26.3. The fraction of sp³-hybridized carbons (Fsp3) is 0.229. The minimum atomic E-state index is -0.132. The quantitative estimate of drug-likeness (QED) is 0.151. The SMILES string of the molecule is CN1C(=CC=C(Cl)C=CC2=[N+](C)c3ccc4ccccc4c3C2(C)C)C(C)(C)c2c1ccc1ccccc21.[I-]. The molecule has 0 fully saturated rings. The van der Waals surface area contributed by atoms with Gasteiger partial charge in [0.05, 0.1) is 5.41 Å². The van der Waals surface area contributed by atoms with Crippen LogP contribution in [0.5, 0.6) is 0 Å². The number of allylic oxidation sites excluding steroid dienone is 6. The van der Waals surface area contributed by atoms with Crippen LogP contribution in [0.4, 0.5) is 11.4 Å². The topological polar surface area (TPSA) is 6.25 Å². The average Bonchev–Trinajstić information content (AvgIpc) is 3.23. The van der Waals surface area contributed by atoms with Crippen LogP contribution in [0.1, 0.15) is 38.8 Å². The molecule has 0 bridgehead atoms. The lowest BCUT2D eigenvalue weighted by Crippen LogP contribution is -3.00. The van der Waals surface area contributed by atoms with E-state index in [1.807, 2.05) is 12.2 Å². The molecule has 198 valence electrons. The third-order valence-corrected chi connectivity index (χ3v) is 8.84. The molecule has 0 aromatic heterocycles. The summed E-state index contributed by atoms with van der Waals surface area (Å²) in [6.45, 7) is 9.22. The van der Waals surface area contributed by atoms with Crippen molar-refractivity contribution in [3.8, 4) is 0 Å². The number of benzene rings is 4. The summed E-state index contributed by atoms with van der Waals surface area (Å²) < 4.78 is 2.30. The van der Waals surface area contributed by atoms with E-state index in [2.05, 4.69) is 136 Å². The minimum Gasteiger partial charge on any atom is -1.00 e. The lowest BCUT2D eigenvalue weighted by atomic mass is 9.79. The monoisotopic (exact) mass is 644 g/mol. The van der Waals surface area contributed by atoms with Crippen LogP contribution in [0.25, 0.3) is 21.5 Å². The molecule has 2 aliphatic rings. The Hall–Kier alpha value is -2.89. The highest BCUT2D eigenvalue weighted by atomic mass is 127. The van der Waals surface area contributed by atoms with Gasteiger partial charge in [-0.2, -0.15) is 4.58 Å². The van der Waals surface area contributed by atoms with Gasteiger partial charge in [-0.3, -0.25) is 0 Å². The first kappa shape index (κ1) is 27.7. The lowest BCUT2D eigenvalue weighted by Gasteiger charge is -2.24. The Kier molecular flexibility index (Phi) is 7.05. The summed E-state index contributed by atoms with van der Waals surface area (Å²) in [5.74, 6) is 0. The second-order valence-corrected chi connectivity index (χ2v) is 12.0. The Balaban J connectivity index is 0.00000308. The maximum Gasteiger partial charge on any atom is 0.210 e. The Labute approximate surface area is 254 Å². The van der Waals surface area contributed by atoms with Gasteiger partial charge in [0, 0.05) is 46.6 Å². The van der Waals surface area contributed by atoms with E-state index < -0.39 is 0 Å². The van der Waals surface area contributed by atoms with Gasteiger partial charge in [0.1, 0.15) is 7.05 Å². The first-order chi connectivity index (χ1) is 18.1. The van der Waals surface area contributed by atoms with Crippen molar-refractivity contribution >= 4 is 50.2 Å². The smallest absolute Gasteiger partial charge is 0.210 e. The molecule has 2 nitrogen and oxygen atoms in total. The molecule has 2 aliphatic heterocycles. The lowest BCUT2D eigenvalue weighted by molar-refractivity contribution is -0.401. The van der Waals surface area contributed by atoms with Gasteiger partial charge in [0.15, 0.2) is 5.71 Å². The van der Waals surface area contributed by atoms with Gasteiger partial charge < -0.3 is 28.9 Å². The first-order valence-electron chi connectivity index (χ1n) is 13.3. The van der Waals surface area contributed by atoms with E-state index in [9.17, 15) is 0 Å². The second kappa shape index (κ2) is 9.94. The third kappa shape index (κ3) is 4.25. The number of hydrogen-bond acceptors (Lipinski definition) is 1. The highest BCUT2D eigenvalue weighted by Crippen LogP contribution is 2.50. The maximum absolute atomic E-state index is 6.81. The summed E-state index contributed by atoms with van der Waals surface area (Å²) in [4.78, 5) is 2.30. The van der Waals surface area contributed by atoms with Crippen LogP contribution in [0.3, 0.4) is 0 Å². The molecule has 0 amide bonds. The Morgan fingerprint density at radius 1 is 0.795 bits per heavy atom. The van der Waals surface area contributed by atoms with Gasteiger partial charge in [-0.15, -0.1) is 0 Å². The molecular weight excluding hydrogens is 611 g/mol. The summed E-state index contributed by atoms with van der Waals surface area (Å²) in [6.07, 6.45) is 8.42. The molecule has 0 unspecified atom stereocenters. The van der Waals surface area contributed by atoms with Gasteiger partial charge >= 0.3 is 0 Å². The number of rotatable bonds is 3. The zero-order chi connectivity index (χ0) is 26.8. The highest BCUT2D eigenvalue weighted by Gasteiger charge is 2.44. The van der Waals surface area contributed by atoms with Crippen molar-refractivity contribution < 1.29 is 28.6 Å². The van der Waals surface area contributed by atoms with Crippen molar-refractivity contribution in [3.63, 3.8) is 0 Å². The Morgan fingerprint density at radius 3 is 2.05 bits per heavy atom. The van der Waals surface area contributed by atoms with Crippen LogP contribution in [-0.2, 0) is 10.8 Å². The fourth-order valence-corrected chi connectivity index (χ4v) is 6.89. The van der Waals surface area contributed by atoms with Crippen molar-refractivity contribution in [1.82, 2.24) is 0 Å². The first-order valence-corrected chi connectivity index (χ1v) is 13.7. The molecule has 0 atom stereocenters. The number of anilines is 1. The molecule has 0 spiro atoms. The van der Waals surface area contributed by atoms with E-state index in [-0.39, 0.29) is 34.8 Å². The average molecular weight is 645 g/mol. The molecular formula is C35H34ClIN2. The standard InChI is InChI=1S/C35H34ClN2.HI/c1-34(2)30(37(5)28-19-15-23-11-7-9-13-26(23)32(28)34)21-17-25(36)18-22-31-35(3,4)33-27-14-10-8-12-24(27)16-20-29(33)38(31)6;/h7-22H,1-6H3;1H/q+1;/p-1. The molecule has 0 N–H and O–H groups in total. The number of likely N-dealkylation sites (N-methyl/N-ethyl adjacent to an activating group) is 1. The summed E-state index contributed by atoms with van der Waals surface area (Å²) in [6, 6.07) is 26.2. The molecule has 6 rings (SSSR count). The third-order valence-electron chi connectivity index (χ3n) is 8.59. The predicted octanol–water partition coefficient (Wildman–Crippen LogP) is 5.99. The van der Waals surface area contributed by atoms with E-state index in [0.717, 1.165) is 0 Å². The number of hydrogen-bond donors (Lipinski definition) is 0. The van der Waals surface area contributed by atoms with Crippen LogP contribution < -0.4 is 28.9 Å². The predicted molar refractivity (Wildman–Crippen MR) is 164 cm³/mol. The van der Waals surface area contributed by atoms with Crippen molar-refractivity contribution in [1.29, 1.82) is 0 Å². The van der Waals surface area contributed by atoms with Crippen molar-refractivity contribution in [2.24, 2.45) is 0 Å². The van der Waals surface area contributed by atoms with Crippen LogP contribution in [-0.4, -0.2) is 24.4 Å². The van der Waals surface area contributed by atoms with E-state index in [1.54, 1.807) is 0 Å². The number of fused-ring (bicyclic) bond motifs is 6. The molecule has 4 aromatic rings. The van der Waals surface area contributed by atoms with Crippen LogP contribution in [0.2, 0.25) is 0 Å². The van der Waals surface area contributed by atoms with Gasteiger partial charge in [0.2, 0.25) is 5.69 Å². The van der Waals surface area contributed by atoms with Gasteiger partial charge in [-0.25, -0.2) is 0 Å². The highest BCUT2D eigenvalue weighted by molar-refractivity contribution is 6.31.